The molecule has 7 heteroatoms. The number of nitrogens with zero attached hydrogens (tertiary/aromatic N) is 2. The summed E-state index contributed by atoms with van der Waals surface area (Å²) in [5, 5.41) is 13.6. The number of amides is 2. The van der Waals surface area contributed by atoms with Crippen LogP contribution in [0, 0.1) is 10.1 Å². The molecule has 0 fully saturated rings. The molecule has 7 nitrogen and oxygen atoms in total. The summed E-state index contributed by atoms with van der Waals surface area (Å²) in [5.74, 6) is -0.626. The quantitative estimate of drug-likeness (QED) is 0.515. The largest absolute Gasteiger partial charge is 0.345 e. The maximum absolute atomic E-state index is 12.0. The number of hydrogen-bond donors (Lipinski definition) is 1. The number of rotatable bonds is 5. The number of nitrogens with one attached hydrogen (secondary N) is 1. The summed E-state index contributed by atoms with van der Waals surface area (Å²) in [6.07, 6.45) is 2.59. The normalized spacial score (nSPS) is 10.5. The van der Waals surface area contributed by atoms with Gasteiger partial charge in [0.2, 0.25) is 5.91 Å². The first kappa shape index (κ1) is 17.9. The average Bonchev–Trinajstić information content (AvgIpc) is 2.59. The molecule has 2 aromatic carbocycles. The SMILES string of the molecule is CN(C)C(=O)c1cccc(NC(=O)/C=C/c2ccccc2[N+](=O)[O-])c1. The van der Waals surface area contributed by atoms with Crippen LogP contribution in [0.2, 0.25) is 0 Å². The third kappa shape index (κ3) is 4.74. The lowest BCUT2D eigenvalue weighted by molar-refractivity contribution is -0.385. The van der Waals surface area contributed by atoms with Crippen molar-refractivity contribution in [3.8, 4) is 0 Å². The van der Waals surface area contributed by atoms with Gasteiger partial charge in [-0.3, -0.25) is 19.7 Å². The van der Waals surface area contributed by atoms with Crippen molar-refractivity contribution < 1.29 is 14.5 Å². The number of nitro groups is 1. The molecule has 1 N–H and O–H groups in total. The van der Waals surface area contributed by atoms with Crippen molar-refractivity contribution in [1.29, 1.82) is 0 Å². The number of carbonyl (C=O) groups is 2. The number of hydrogen-bond acceptors (Lipinski definition) is 4. The highest BCUT2D eigenvalue weighted by atomic mass is 16.6. The molecule has 25 heavy (non-hydrogen) atoms. The molecule has 128 valence electrons. The van der Waals surface area contributed by atoms with Crippen LogP contribution in [0.15, 0.2) is 54.6 Å². The molecule has 0 aromatic heterocycles. The highest BCUT2D eigenvalue weighted by Crippen LogP contribution is 2.19. The van der Waals surface area contributed by atoms with Crippen LogP contribution in [-0.4, -0.2) is 35.7 Å². The summed E-state index contributed by atoms with van der Waals surface area (Å²) >= 11 is 0. The van der Waals surface area contributed by atoms with Crippen LogP contribution in [0.1, 0.15) is 15.9 Å². The van der Waals surface area contributed by atoms with Crippen molar-refractivity contribution in [3.63, 3.8) is 0 Å². The smallest absolute Gasteiger partial charge is 0.276 e. The molecule has 2 aromatic rings. The highest BCUT2D eigenvalue weighted by molar-refractivity contribution is 6.03. The molecule has 0 radical (unpaired) electrons. The van der Waals surface area contributed by atoms with E-state index in [9.17, 15) is 19.7 Å². The first-order chi connectivity index (χ1) is 11.9. The minimum atomic E-state index is -0.506. The molecule has 2 rings (SSSR count). The van der Waals surface area contributed by atoms with Crippen LogP contribution in [0.5, 0.6) is 0 Å². The Morgan fingerprint density at radius 3 is 2.52 bits per heavy atom. The fourth-order valence-corrected chi connectivity index (χ4v) is 2.13. The van der Waals surface area contributed by atoms with Crippen molar-refractivity contribution in [2.75, 3.05) is 19.4 Å². The summed E-state index contributed by atoms with van der Waals surface area (Å²) < 4.78 is 0. The lowest BCUT2D eigenvalue weighted by atomic mass is 10.1. The zero-order valence-corrected chi connectivity index (χ0v) is 13.8. The standard InChI is InChI=1S/C18H17N3O4/c1-20(2)18(23)14-7-5-8-15(12-14)19-17(22)11-10-13-6-3-4-9-16(13)21(24)25/h3-12H,1-2H3,(H,19,22)/b11-10+. The second-order valence-electron chi connectivity index (χ2n) is 5.42. The van der Waals surface area contributed by atoms with Crippen molar-refractivity contribution in [3.05, 3.63) is 75.8 Å². The predicted octanol–water partition coefficient (Wildman–Crippen LogP) is 2.95. The van der Waals surface area contributed by atoms with Gasteiger partial charge in [-0.25, -0.2) is 0 Å². The lowest BCUT2D eigenvalue weighted by Crippen LogP contribution is -2.21. The monoisotopic (exact) mass is 339 g/mol. The topological polar surface area (TPSA) is 92.6 Å². The van der Waals surface area contributed by atoms with E-state index < -0.39 is 10.8 Å². The molecule has 0 aliphatic carbocycles. The van der Waals surface area contributed by atoms with Gasteiger partial charge < -0.3 is 10.2 Å². The summed E-state index contributed by atoms with van der Waals surface area (Å²) in [4.78, 5) is 35.8. The van der Waals surface area contributed by atoms with Crippen molar-refractivity contribution >= 4 is 29.3 Å². The van der Waals surface area contributed by atoms with Gasteiger partial charge in [-0.15, -0.1) is 0 Å². The van der Waals surface area contributed by atoms with Crippen molar-refractivity contribution in [2.45, 2.75) is 0 Å². The van der Waals surface area contributed by atoms with Crippen LogP contribution < -0.4 is 5.32 Å². The minimum absolute atomic E-state index is 0.0786. The maximum Gasteiger partial charge on any atom is 0.276 e. The lowest BCUT2D eigenvalue weighted by Gasteiger charge is -2.11. The third-order valence-electron chi connectivity index (χ3n) is 3.33. The minimum Gasteiger partial charge on any atom is -0.345 e. The third-order valence-corrected chi connectivity index (χ3v) is 3.33. The van der Waals surface area contributed by atoms with Crippen molar-refractivity contribution in [1.82, 2.24) is 4.90 Å². The first-order valence-electron chi connectivity index (χ1n) is 7.42. The molecule has 0 bridgehead atoms. The Kier molecular flexibility index (Phi) is 5.62. The second kappa shape index (κ2) is 7.87. The Hall–Kier alpha value is -3.48. The van der Waals surface area contributed by atoms with Gasteiger partial charge in [-0.1, -0.05) is 18.2 Å². The first-order valence-corrected chi connectivity index (χ1v) is 7.42. The molecule has 0 spiro atoms. The van der Waals surface area contributed by atoms with Gasteiger partial charge in [0.25, 0.3) is 11.6 Å². The van der Waals surface area contributed by atoms with E-state index >= 15 is 0 Å². The Balaban J connectivity index is 2.12. The fraction of sp³-hybridized carbons (Fsp3) is 0.111. The number of anilines is 1. The zero-order valence-electron chi connectivity index (χ0n) is 13.8. The summed E-state index contributed by atoms with van der Waals surface area (Å²) in [6, 6.07) is 12.7. The Bertz CT molecular complexity index is 844. The van der Waals surface area contributed by atoms with E-state index in [1.165, 1.54) is 23.1 Å². The Morgan fingerprint density at radius 2 is 1.84 bits per heavy atom. The van der Waals surface area contributed by atoms with Crippen LogP contribution in [-0.2, 0) is 4.79 Å². The van der Waals surface area contributed by atoms with Crippen LogP contribution in [0.25, 0.3) is 6.08 Å². The molecule has 0 atom stereocenters. The van der Waals surface area contributed by atoms with Crippen molar-refractivity contribution in [2.24, 2.45) is 0 Å². The van der Waals surface area contributed by atoms with Gasteiger partial charge in [-0.05, 0) is 30.3 Å². The van der Waals surface area contributed by atoms with Gasteiger partial charge in [0.15, 0.2) is 0 Å². The predicted molar refractivity (Wildman–Crippen MR) is 95.2 cm³/mol. The Morgan fingerprint density at radius 1 is 1.12 bits per heavy atom. The summed E-state index contributed by atoms with van der Waals surface area (Å²) in [7, 11) is 3.28. The number of para-hydroxylation sites is 1. The van der Waals surface area contributed by atoms with Gasteiger partial charge in [-0.2, -0.15) is 0 Å². The van der Waals surface area contributed by atoms with E-state index in [0.29, 0.717) is 16.8 Å². The van der Waals surface area contributed by atoms with Gasteiger partial charge in [0.05, 0.1) is 10.5 Å². The molecular formula is C18H17N3O4. The molecule has 2 amide bonds. The van der Waals surface area contributed by atoms with E-state index in [2.05, 4.69) is 5.32 Å². The summed E-state index contributed by atoms with van der Waals surface area (Å²) in [5.41, 5.74) is 1.17. The second-order valence-corrected chi connectivity index (χ2v) is 5.42. The van der Waals surface area contributed by atoms with Crippen LogP contribution in [0.4, 0.5) is 11.4 Å². The van der Waals surface area contributed by atoms with Gasteiger partial charge in [0, 0.05) is 37.5 Å². The van der Waals surface area contributed by atoms with E-state index in [1.54, 1.807) is 56.6 Å². The van der Waals surface area contributed by atoms with E-state index in [1.807, 2.05) is 0 Å². The van der Waals surface area contributed by atoms with Gasteiger partial charge in [0.1, 0.15) is 0 Å². The van der Waals surface area contributed by atoms with E-state index in [-0.39, 0.29) is 11.6 Å². The highest BCUT2D eigenvalue weighted by Gasteiger charge is 2.11. The van der Waals surface area contributed by atoms with Crippen LogP contribution >= 0.6 is 0 Å². The van der Waals surface area contributed by atoms with E-state index in [4.69, 9.17) is 0 Å². The van der Waals surface area contributed by atoms with E-state index in [0.717, 1.165) is 0 Å². The molecule has 0 aliphatic heterocycles. The Labute approximate surface area is 144 Å². The van der Waals surface area contributed by atoms with Gasteiger partial charge >= 0.3 is 0 Å². The number of nitro benzene ring substituents is 1. The fourth-order valence-electron chi connectivity index (χ4n) is 2.13. The summed E-state index contributed by atoms with van der Waals surface area (Å²) in [6.45, 7) is 0. The molecule has 0 aliphatic rings. The molecule has 0 unspecified atom stereocenters. The molecular weight excluding hydrogens is 322 g/mol. The zero-order chi connectivity index (χ0) is 18.4. The molecule has 0 saturated heterocycles. The molecule has 0 heterocycles. The number of benzene rings is 2. The molecule has 0 saturated carbocycles. The van der Waals surface area contributed by atoms with Crippen LogP contribution in [0.3, 0.4) is 0 Å². The maximum atomic E-state index is 12.0. The number of carbonyl (C=O) groups excluding carboxylic acids is 2. The average molecular weight is 339 g/mol.